The zero-order valence-electron chi connectivity index (χ0n) is 22.4. The molecule has 2 aromatic rings. The Bertz CT molecular complexity index is 1010. The maximum Gasteiger partial charge on any atom is 0.303 e. The largest absolute Gasteiger partial charge is 0.494 e. The van der Waals surface area contributed by atoms with Crippen molar-refractivity contribution in [2.75, 3.05) is 13.7 Å². The highest BCUT2D eigenvalue weighted by molar-refractivity contribution is 6.31. The molecule has 0 aromatic heterocycles. The van der Waals surface area contributed by atoms with Crippen LogP contribution in [0.4, 0.5) is 0 Å². The fraction of sp³-hybridized carbons (Fsp3) is 0.517. The second kappa shape index (κ2) is 13.7. The van der Waals surface area contributed by atoms with Gasteiger partial charge in [0, 0.05) is 26.0 Å². The molecule has 4 atom stereocenters. The van der Waals surface area contributed by atoms with Crippen LogP contribution in [0.1, 0.15) is 71.1 Å². The Hall–Kier alpha value is -2.57. The van der Waals surface area contributed by atoms with Crippen molar-refractivity contribution in [2.24, 2.45) is 5.92 Å². The Morgan fingerprint density at radius 3 is 2.17 bits per heavy atom. The molecule has 6 nitrogen and oxygen atoms in total. The van der Waals surface area contributed by atoms with Crippen molar-refractivity contribution in [1.82, 2.24) is 0 Å². The van der Waals surface area contributed by atoms with Gasteiger partial charge in [-0.2, -0.15) is 0 Å². The zero-order valence-corrected chi connectivity index (χ0v) is 23.2. The summed E-state index contributed by atoms with van der Waals surface area (Å²) in [6.45, 7) is 11.2. The van der Waals surface area contributed by atoms with Gasteiger partial charge in [-0.3, -0.25) is 9.59 Å². The molecule has 0 radical (unpaired) electrons. The number of carbonyl (C=O) groups is 2. The van der Waals surface area contributed by atoms with E-state index in [4.69, 9.17) is 30.5 Å². The lowest BCUT2D eigenvalue weighted by atomic mass is 9.82. The summed E-state index contributed by atoms with van der Waals surface area (Å²) in [6.07, 6.45) is 0.465. The lowest BCUT2D eigenvalue weighted by molar-refractivity contribution is -0.196. The van der Waals surface area contributed by atoms with Crippen LogP contribution in [0.25, 0.3) is 0 Å². The molecule has 0 aliphatic heterocycles. The van der Waals surface area contributed by atoms with E-state index in [1.807, 2.05) is 56.3 Å². The molecule has 7 heteroatoms. The molecule has 198 valence electrons. The van der Waals surface area contributed by atoms with Gasteiger partial charge in [0.15, 0.2) is 6.10 Å². The highest BCUT2D eigenvalue weighted by atomic mass is 35.5. The van der Waals surface area contributed by atoms with Gasteiger partial charge in [-0.1, -0.05) is 56.1 Å². The first-order chi connectivity index (χ1) is 17.0. The molecule has 0 bridgehead atoms. The van der Waals surface area contributed by atoms with Gasteiger partial charge < -0.3 is 18.9 Å². The van der Waals surface area contributed by atoms with E-state index in [1.54, 1.807) is 7.11 Å². The molecular formula is C29H39ClO6. The molecule has 1 unspecified atom stereocenters. The van der Waals surface area contributed by atoms with Gasteiger partial charge in [0.2, 0.25) is 0 Å². The fourth-order valence-electron chi connectivity index (χ4n) is 4.24. The van der Waals surface area contributed by atoms with Crippen LogP contribution < -0.4 is 4.74 Å². The van der Waals surface area contributed by atoms with Crippen LogP contribution in [0, 0.1) is 5.92 Å². The number of esters is 2. The van der Waals surface area contributed by atoms with E-state index in [0.29, 0.717) is 24.5 Å². The number of ether oxygens (including phenoxy) is 4. The third-order valence-electron chi connectivity index (χ3n) is 6.49. The van der Waals surface area contributed by atoms with Gasteiger partial charge in [0.05, 0.1) is 6.61 Å². The number of hydrogen-bond donors (Lipinski definition) is 0. The standard InChI is InChI=1S/C29H39ClO6/c1-8-19(3)16-27(35-20(4)31)28(36-21(5)32)29(6,33-7)24-12-15-26(30)23(18-24)17-22-10-13-25(14-11-22)34-9-2/h10-15,18-19,27-28H,8-9,16-17H2,1-7H3/t19-,27+,28-,29?/m1/s1. The molecule has 0 saturated carbocycles. The number of rotatable bonds is 13. The van der Waals surface area contributed by atoms with E-state index < -0.39 is 29.7 Å². The summed E-state index contributed by atoms with van der Waals surface area (Å²) in [6, 6.07) is 13.5. The monoisotopic (exact) mass is 518 g/mol. The Morgan fingerprint density at radius 2 is 1.64 bits per heavy atom. The second-order valence-corrected chi connectivity index (χ2v) is 9.71. The minimum absolute atomic E-state index is 0.244. The lowest BCUT2D eigenvalue weighted by Crippen LogP contribution is -2.50. The third kappa shape index (κ3) is 7.97. The van der Waals surface area contributed by atoms with E-state index in [9.17, 15) is 9.59 Å². The van der Waals surface area contributed by atoms with Crippen molar-refractivity contribution in [3.05, 3.63) is 64.2 Å². The molecular weight excluding hydrogens is 480 g/mol. The summed E-state index contributed by atoms with van der Waals surface area (Å²) < 4.78 is 23.1. The normalized spacial score (nSPS) is 15.3. The van der Waals surface area contributed by atoms with Crippen molar-refractivity contribution in [1.29, 1.82) is 0 Å². The minimum Gasteiger partial charge on any atom is -0.494 e. The number of benzene rings is 2. The van der Waals surface area contributed by atoms with E-state index in [-0.39, 0.29) is 5.92 Å². The van der Waals surface area contributed by atoms with Crippen LogP contribution in [-0.2, 0) is 35.8 Å². The van der Waals surface area contributed by atoms with Gasteiger partial charge in [0.25, 0.3) is 0 Å². The molecule has 2 aromatic carbocycles. The van der Waals surface area contributed by atoms with Crippen LogP contribution in [0.3, 0.4) is 0 Å². The smallest absolute Gasteiger partial charge is 0.303 e. The van der Waals surface area contributed by atoms with Crippen molar-refractivity contribution in [3.63, 3.8) is 0 Å². The summed E-state index contributed by atoms with van der Waals surface area (Å²) >= 11 is 6.58. The van der Waals surface area contributed by atoms with Gasteiger partial charge in [-0.25, -0.2) is 0 Å². The fourth-order valence-corrected chi connectivity index (χ4v) is 4.42. The first-order valence-electron chi connectivity index (χ1n) is 12.4. The summed E-state index contributed by atoms with van der Waals surface area (Å²) in [5, 5.41) is 0.617. The van der Waals surface area contributed by atoms with Gasteiger partial charge >= 0.3 is 11.9 Å². The van der Waals surface area contributed by atoms with Crippen molar-refractivity contribution in [2.45, 2.75) is 78.6 Å². The predicted octanol–water partition coefficient (Wildman–Crippen LogP) is 6.49. The van der Waals surface area contributed by atoms with Gasteiger partial charge in [-0.15, -0.1) is 0 Å². The lowest BCUT2D eigenvalue weighted by Gasteiger charge is -2.40. The highest BCUT2D eigenvalue weighted by Crippen LogP contribution is 2.37. The molecule has 0 amide bonds. The summed E-state index contributed by atoms with van der Waals surface area (Å²) in [7, 11) is 1.56. The van der Waals surface area contributed by atoms with Crippen LogP contribution in [-0.4, -0.2) is 37.9 Å². The molecule has 0 N–H and O–H groups in total. The van der Waals surface area contributed by atoms with Crippen molar-refractivity contribution >= 4 is 23.5 Å². The first kappa shape index (κ1) is 29.7. The number of hydrogen-bond acceptors (Lipinski definition) is 6. The second-order valence-electron chi connectivity index (χ2n) is 9.30. The van der Waals surface area contributed by atoms with Crippen molar-refractivity contribution < 1.29 is 28.5 Å². The molecule has 0 fully saturated rings. The third-order valence-corrected chi connectivity index (χ3v) is 6.86. The van der Waals surface area contributed by atoms with E-state index in [0.717, 1.165) is 28.9 Å². The minimum atomic E-state index is -1.10. The van der Waals surface area contributed by atoms with E-state index >= 15 is 0 Å². The quantitative estimate of drug-likeness (QED) is 0.282. The molecule has 0 heterocycles. The number of carbonyl (C=O) groups excluding carboxylic acids is 2. The van der Waals surface area contributed by atoms with Crippen LogP contribution in [0.5, 0.6) is 5.75 Å². The first-order valence-corrected chi connectivity index (χ1v) is 12.8. The van der Waals surface area contributed by atoms with Gasteiger partial charge in [0.1, 0.15) is 17.5 Å². The Labute approximate surface area is 220 Å². The topological polar surface area (TPSA) is 71.1 Å². The van der Waals surface area contributed by atoms with E-state index in [2.05, 4.69) is 13.8 Å². The number of methoxy groups -OCH3 is 1. The summed E-state index contributed by atoms with van der Waals surface area (Å²) in [4.78, 5) is 24.2. The van der Waals surface area contributed by atoms with Gasteiger partial charge in [-0.05, 0) is 67.5 Å². The molecule has 0 aliphatic rings. The molecule has 2 rings (SSSR count). The van der Waals surface area contributed by atoms with Crippen LogP contribution in [0.15, 0.2) is 42.5 Å². The molecule has 36 heavy (non-hydrogen) atoms. The predicted molar refractivity (Wildman–Crippen MR) is 141 cm³/mol. The van der Waals surface area contributed by atoms with Crippen LogP contribution in [0.2, 0.25) is 5.02 Å². The average molecular weight is 519 g/mol. The maximum absolute atomic E-state index is 12.2. The highest BCUT2D eigenvalue weighted by Gasteiger charge is 2.46. The maximum atomic E-state index is 12.2. The molecule has 0 spiro atoms. The molecule has 0 saturated heterocycles. The van der Waals surface area contributed by atoms with Crippen molar-refractivity contribution in [3.8, 4) is 5.75 Å². The average Bonchev–Trinajstić information content (AvgIpc) is 2.83. The SMILES string of the molecule is CCOc1ccc(Cc2cc(C(C)(OC)[C@H](OC(C)=O)[C@H](C[C@H](C)CC)OC(C)=O)ccc2Cl)cc1. The Balaban J connectivity index is 2.49. The number of halogens is 1. The Kier molecular flexibility index (Phi) is 11.3. The summed E-state index contributed by atoms with van der Waals surface area (Å²) in [5.41, 5.74) is 1.64. The zero-order chi connectivity index (χ0) is 26.9. The summed E-state index contributed by atoms with van der Waals surface area (Å²) in [5.74, 6) is 0.142. The van der Waals surface area contributed by atoms with E-state index in [1.165, 1.54) is 13.8 Å². The molecule has 0 aliphatic carbocycles. The Morgan fingerprint density at radius 1 is 1.00 bits per heavy atom. The van der Waals surface area contributed by atoms with Crippen LogP contribution >= 0.6 is 11.6 Å².